The molecule has 0 aliphatic heterocycles. The van der Waals surface area contributed by atoms with Crippen LogP contribution in [-0.2, 0) is 19.6 Å². The lowest BCUT2D eigenvalue weighted by molar-refractivity contribution is -0.403. The van der Waals surface area contributed by atoms with Crippen molar-refractivity contribution in [2.24, 2.45) is 5.92 Å². The molecule has 14 heteroatoms. The number of halogens is 6. The van der Waals surface area contributed by atoms with Gasteiger partial charge in [-0.2, -0.15) is 26.3 Å². The summed E-state index contributed by atoms with van der Waals surface area (Å²) >= 11 is 0. The first kappa shape index (κ1) is 25.1. The molecule has 0 bridgehead atoms. The Bertz CT molecular complexity index is 611. The summed E-state index contributed by atoms with van der Waals surface area (Å²) in [5.41, 5.74) is -5.37. The maximum absolute atomic E-state index is 13.2. The Hall–Kier alpha value is -0.930. The van der Waals surface area contributed by atoms with Crippen molar-refractivity contribution in [1.29, 1.82) is 0 Å². The van der Waals surface area contributed by atoms with Crippen LogP contribution in [-0.4, -0.2) is 65.6 Å². The highest BCUT2D eigenvalue weighted by Crippen LogP contribution is 2.48. The summed E-state index contributed by atoms with van der Waals surface area (Å²) in [5.74, 6) is -4.17. The molecule has 0 amide bonds. The van der Waals surface area contributed by atoms with Crippen LogP contribution < -0.4 is 0 Å². The zero-order valence-electron chi connectivity index (χ0n) is 14.2. The monoisotopic (exact) mass is 445 g/mol. The highest BCUT2D eigenvalue weighted by Gasteiger charge is 2.74. The third-order valence-electron chi connectivity index (χ3n) is 4.27. The van der Waals surface area contributed by atoms with Gasteiger partial charge >= 0.3 is 12.4 Å². The summed E-state index contributed by atoms with van der Waals surface area (Å²) in [7, 11) is -6.03. The fraction of sp³-hybridized carbons (Fsp3) is 0.857. The quantitative estimate of drug-likeness (QED) is 0.253. The van der Waals surface area contributed by atoms with Crippen LogP contribution >= 0.6 is 0 Å². The predicted molar refractivity (Wildman–Crippen MR) is 79.5 cm³/mol. The zero-order valence-corrected chi connectivity index (χ0v) is 15.1. The van der Waals surface area contributed by atoms with Gasteiger partial charge in [-0.3, -0.25) is 0 Å². The van der Waals surface area contributed by atoms with E-state index in [2.05, 4.69) is 11.3 Å². The molecule has 1 rings (SSSR count). The van der Waals surface area contributed by atoms with Crippen molar-refractivity contribution in [3.05, 3.63) is 12.7 Å². The van der Waals surface area contributed by atoms with Crippen LogP contribution in [0.5, 0.6) is 0 Å². The highest BCUT2D eigenvalue weighted by molar-refractivity contribution is 7.85. The lowest BCUT2D eigenvalue weighted by atomic mass is 9.86. The van der Waals surface area contributed by atoms with Gasteiger partial charge in [0.2, 0.25) is 0 Å². The molecule has 1 aliphatic rings. The fourth-order valence-electron chi connectivity index (χ4n) is 2.81. The van der Waals surface area contributed by atoms with Crippen molar-refractivity contribution in [3.8, 4) is 0 Å². The molecule has 1 aliphatic carbocycles. The van der Waals surface area contributed by atoms with Crippen molar-refractivity contribution in [2.45, 2.75) is 62.3 Å². The Morgan fingerprint density at radius 2 is 1.54 bits per heavy atom. The van der Waals surface area contributed by atoms with Crippen molar-refractivity contribution in [1.82, 2.24) is 0 Å². The van der Waals surface area contributed by atoms with Gasteiger partial charge < -0.3 is 24.2 Å². The summed E-state index contributed by atoms with van der Waals surface area (Å²) in [6, 6.07) is 0. The normalized spacial score (nSPS) is 24.6. The second-order valence-electron chi connectivity index (χ2n) is 6.33. The Balaban J connectivity index is 2.99. The van der Waals surface area contributed by atoms with E-state index < -0.39 is 58.4 Å². The molecule has 0 unspecified atom stereocenters. The number of hydrogen-bond donors (Lipinski definition) is 2. The van der Waals surface area contributed by atoms with Crippen molar-refractivity contribution in [2.75, 3.05) is 5.75 Å². The minimum Gasteiger partial charge on any atom is -0.748 e. The minimum atomic E-state index is -6.34. The molecule has 7 nitrogen and oxygen atoms in total. The van der Waals surface area contributed by atoms with E-state index in [0.717, 1.165) is 6.08 Å². The van der Waals surface area contributed by atoms with E-state index in [0.29, 0.717) is 0 Å². The third-order valence-corrected chi connectivity index (χ3v) is 5.03. The summed E-state index contributed by atoms with van der Waals surface area (Å²) in [4.78, 5) is 0. The van der Waals surface area contributed by atoms with E-state index in [1.54, 1.807) is 0 Å². The molecule has 166 valence electrons. The van der Waals surface area contributed by atoms with Gasteiger partial charge in [0.15, 0.2) is 12.6 Å². The van der Waals surface area contributed by atoms with E-state index in [1.165, 1.54) is 0 Å². The summed E-state index contributed by atoms with van der Waals surface area (Å²) in [6.07, 6.45) is -16.3. The molecule has 0 spiro atoms. The SMILES string of the molecule is C=C[C@@H](O)OC1CCC([C@@H](O)OC(CS(=O)(=O)[O-])(C(F)(F)F)C(F)(F)F)CC1. The van der Waals surface area contributed by atoms with Crippen LogP contribution in [0.1, 0.15) is 25.7 Å². The third kappa shape index (κ3) is 6.29. The molecule has 0 saturated heterocycles. The van der Waals surface area contributed by atoms with Crippen molar-refractivity contribution < 1.29 is 59.0 Å². The van der Waals surface area contributed by atoms with Crippen LogP contribution in [0.3, 0.4) is 0 Å². The van der Waals surface area contributed by atoms with Gasteiger partial charge in [-0.15, -0.1) is 0 Å². The number of alkyl halides is 6. The molecule has 2 atom stereocenters. The van der Waals surface area contributed by atoms with Crippen LogP contribution in [0.2, 0.25) is 0 Å². The largest absolute Gasteiger partial charge is 0.748 e. The molecular weight excluding hydrogens is 426 g/mol. The van der Waals surface area contributed by atoms with Gasteiger partial charge in [-0.05, 0) is 31.8 Å². The van der Waals surface area contributed by atoms with Crippen molar-refractivity contribution >= 4 is 10.1 Å². The van der Waals surface area contributed by atoms with E-state index in [9.17, 15) is 49.5 Å². The number of rotatable bonds is 8. The first-order chi connectivity index (χ1) is 12.5. The first-order valence-electron chi connectivity index (χ1n) is 7.91. The molecule has 1 saturated carbocycles. The number of hydrogen-bond acceptors (Lipinski definition) is 7. The fourth-order valence-corrected chi connectivity index (χ4v) is 3.70. The smallest absolute Gasteiger partial charge is 0.427 e. The second-order valence-corrected chi connectivity index (χ2v) is 7.74. The number of ether oxygens (including phenoxy) is 2. The molecular formula is C14H19F6O7S-. The van der Waals surface area contributed by atoms with Crippen LogP contribution in [0.15, 0.2) is 12.7 Å². The molecule has 0 aromatic carbocycles. The maximum atomic E-state index is 13.2. The predicted octanol–water partition coefficient (Wildman–Crippen LogP) is 1.81. The van der Waals surface area contributed by atoms with Gasteiger partial charge in [0.05, 0.1) is 22.0 Å². The van der Waals surface area contributed by atoms with Gasteiger partial charge in [0.1, 0.15) is 0 Å². The maximum Gasteiger partial charge on any atom is 0.427 e. The summed E-state index contributed by atoms with van der Waals surface area (Å²) in [6.45, 7) is 3.26. The Labute approximate surface area is 156 Å². The molecule has 1 fully saturated rings. The number of aliphatic hydroxyl groups excluding tert-OH is 2. The van der Waals surface area contributed by atoms with Gasteiger partial charge in [0.25, 0.3) is 5.60 Å². The molecule has 0 radical (unpaired) electrons. The van der Waals surface area contributed by atoms with E-state index >= 15 is 0 Å². The van der Waals surface area contributed by atoms with Crippen LogP contribution in [0.25, 0.3) is 0 Å². The van der Waals surface area contributed by atoms with E-state index in [1.807, 2.05) is 0 Å². The minimum absolute atomic E-state index is 0.0703. The molecule has 2 N–H and O–H groups in total. The average Bonchev–Trinajstić information content (AvgIpc) is 2.51. The Kier molecular flexibility index (Phi) is 7.92. The van der Waals surface area contributed by atoms with Crippen molar-refractivity contribution in [3.63, 3.8) is 0 Å². The second kappa shape index (κ2) is 8.83. The molecule has 28 heavy (non-hydrogen) atoms. The Morgan fingerprint density at radius 3 is 1.89 bits per heavy atom. The van der Waals surface area contributed by atoms with Crippen LogP contribution in [0.4, 0.5) is 26.3 Å². The lowest BCUT2D eigenvalue weighted by Gasteiger charge is -2.41. The Morgan fingerprint density at radius 1 is 1.07 bits per heavy atom. The summed E-state index contributed by atoms with van der Waals surface area (Å²) < 4.78 is 120. The molecule has 0 aromatic rings. The topological polar surface area (TPSA) is 116 Å². The average molecular weight is 445 g/mol. The highest BCUT2D eigenvalue weighted by atomic mass is 32.2. The molecule has 0 heterocycles. The zero-order chi connectivity index (χ0) is 22.0. The lowest BCUT2D eigenvalue weighted by Crippen LogP contribution is -2.64. The molecule has 0 aromatic heterocycles. The van der Waals surface area contributed by atoms with E-state index in [4.69, 9.17) is 4.74 Å². The van der Waals surface area contributed by atoms with Gasteiger partial charge in [-0.1, -0.05) is 6.58 Å². The van der Waals surface area contributed by atoms with E-state index in [-0.39, 0.29) is 25.7 Å². The van der Waals surface area contributed by atoms with Gasteiger partial charge in [-0.25, -0.2) is 8.42 Å². The summed E-state index contributed by atoms with van der Waals surface area (Å²) in [5, 5.41) is 19.1. The number of aliphatic hydroxyl groups is 2. The standard InChI is InChI=1S/C14H20F6O7S/c1-2-10(21)26-9-5-3-8(4-6-9)11(22)27-12(13(15,16)17,14(18,19)20)7-28(23,24)25/h2,8-11,21-22H,1,3-7H2,(H,23,24,25)/p-1/t8?,9?,10-,11-/m0/s1. The van der Waals surface area contributed by atoms with Gasteiger partial charge in [0, 0.05) is 5.92 Å². The first-order valence-corrected chi connectivity index (χ1v) is 9.49. The van der Waals surface area contributed by atoms with Crippen LogP contribution in [0, 0.1) is 5.92 Å².